The van der Waals surface area contributed by atoms with Gasteiger partial charge in [0.05, 0.1) is 11.4 Å². The molecule has 10 heteroatoms. The van der Waals surface area contributed by atoms with Crippen LogP contribution >= 0.6 is 0 Å². The number of nitrogens with two attached hydrogens (primary N) is 1. The molecule has 0 atom stereocenters. The maximum atomic E-state index is 11.3. The summed E-state index contributed by atoms with van der Waals surface area (Å²) in [7, 11) is -4.48. The zero-order chi connectivity index (χ0) is 16.7. The lowest BCUT2D eigenvalue weighted by molar-refractivity contribution is -0.132. The largest absolute Gasteiger partial charge is 0.495 e. The van der Waals surface area contributed by atoms with Crippen molar-refractivity contribution in [2.45, 2.75) is 11.8 Å². The van der Waals surface area contributed by atoms with Gasteiger partial charge in [-0.15, -0.1) is 0 Å². The van der Waals surface area contributed by atoms with E-state index in [2.05, 4.69) is 4.99 Å². The van der Waals surface area contributed by atoms with Crippen LogP contribution in [0.5, 0.6) is 0 Å². The first kappa shape index (κ1) is 15.8. The summed E-state index contributed by atoms with van der Waals surface area (Å²) in [5.74, 6) is -1.80. The van der Waals surface area contributed by atoms with Crippen LogP contribution in [-0.4, -0.2) is 41.6 Å². The van der Waals surface area contributed by atoms with Gasteiger partial charge in [-0.2, -0.15) is 8.42 Å². The number of rotatable bonds is 3. The fourth-order valence-corrected chi connectivity index (χ4v) is 2.48. The molecule has 0 saturated carbocycles. The van der Waals surface area contributed by atoms with Gasteiger partial charge in [-0.25, -0.2) is 9.79 Å². The number of benzene rings is 1. The topological polar surface area (TPSA) is 154 Å². The van der Waals surface area contributed by atoms with E-state index in [0.29, 0.717) is 5.56 Å². The third-order valence-electron chi connectivity index (χ3n) is 3.06. The Morgan fingerprint density at radius 2 is 2.05 bits per heavy atom. The van der Waals surface area contributed by atoms with Crippen LogP contribution in [0, 0.1) is 6.92 Å². The van der Waals surface area contributed by atoms with E-state index in [4.69, 9.17) is 15.4 Å². The first-order valence-corrected chi connectivity index (χ1v) is 7.39. The highest BCUT2D eigenvalue weighted by molar-refractivity contribution is 7.85. The summed E-state index contributed by atoms with van der Waals surface area (Å²) in [5, 5.41) is 18.5. The summed E-state index contributed by atoms with van der Waals surface area (Å²) >= 11 is 0. The predicted molar refractivity (Wildman–Crippen MR) is 78.5 cm³/mol. The van der Waals surface area contributed by atoms with E-state index < -0.39 is 32.6 Å². The molecule has 1 aromatic rings. The number of nitrogens with zero attached hydrogens (tertiary/aromatic N) is 2. The van der Waals surface area contributed by atoms with E-state index in [1.165, 1.54) is 4.90 Å². The first-order valence-electron chi connectivity index (χ1n) is 5.95. The zero-order valence-corrected chi connectivity index (χ0v) is 12.2. The molecular weight excluding hydrogens is 314 g/mol. The number of anilines is 2. The standard InChI is InChI=1S/C12H13N3O6S/c1-6-8(13)2-7(22(19,20)21)3-10(6)15-4-9(12(17)18)14-11(16)5-15/h2-4H,5,13H2,1H3,(H,14,16)(H,17,18)(H,19,20,21). The number of aliphatic hydroxyl groups excluding tert-OH is 1. The van der Waals surface area contributed by atoms with Gasteiger partial charge in [-0.3, -0.25) is 4.55 Å². The SMILES string of the molecule is Cc1c(N)cc(S(=O)(=O)O)cc1N1C=C(C(=O)O)N=C(O)C1. The molecule has 118 valence electrons. The Bertz CT molecular complexity index is 812. The molecule has 0 amide bonds. The second kappa shape index (κ2) is 5.31. The van der Waals surface area contributed by atoms with Crippen LogP contribution in [0.3, 0.4) is 0 Å². The predicted octanol–water partition coefficient (Wildman–Crippen LogP) is 0.526. The normalized spacial score (nSPS) is 15.3. The van der Waals surface area contributed by atoms with E-state index in [0.717, 1.165) is 18.3 Å². The Kier molecular flexibility index (Phi) is 3.81. The van der Waals surface area contributed by atoms with E-state index in [1.54, 1.807) is 6.92 Å². The molecule has 1 aliphatic heterocycles. The van der Waals surface area contributed by atoms with Crippen molar-refractivity contribution in [2.24, 2.45) is 4.99 Å². The van der Waals surface area contributed by atoms with Crippen molar-refractivity contribution < 1.29 is 28.0 Å². The molecule has 0 aliphatic carbocycles. The lowest BCUT2D eigenvalue weighted by Gasteiger charge is -2.25. The van der Waals surface area contributed by atoms with Crippen LogP contribution in [0.1, 0.15) is 5.56 Å². The number of aliphatic hydroxyl groups is 1. The molecular formula is C12H13N3O6S. The second-order valence-electron chi connectivity index (χ2n) is 4.61. The zero-order valence-electron chi connectivity index (χ0n) is 11.4. The summed E-state index contributed by atoms with van der Waals surface area (Å²) in [6, 6.07) is 2.23. The van der Waals surface area contributed by atoms with Gasteiger partial charge in [0.15, 0.2) is 5.70 Å². The molecule has 0 bridgehead atoms. The quantitative estimate of drug-likeness (QED) is 0.463. The maximum absolute atomic E-state index is 11.3. The molecule has 0 unspecified atom stereocenters. The molecule has 5 N–H and O–H groups in total. The Balaban J connectivity index is 2.60. The molecule has 22 heavy (non-hydrogen) atoms. The molecule has 0 spiro atoms. The van der Waals surface area contributed by atoms with Gasteiger partial charge in [0.1, 0.15) is 0 Å². The fourth-order valence-electron chi connectivity index (χ4n) is 1.95. The molecule has 0 aromatic heterocycles. The molecule has 0 fully saturated rings. The van der Waals surface area contributed by atoms with E-state index in [1.807, 2.05) is 0 Å². The number of carbonyl (C=O) groups is 1. The van der Waals surface area contributed by atoms with Crippen molar-refractivity contribution in [3.8, 4) is 0 Å². The van der Waals surface area contributed by atoms with Crippen LogP contribution in [0.4, 0.5) is 11.4 Å². The van der Waals surface area contributed by atoms with Crippen LogP contribution in [0.25, 0.3) is 0 Å². The average Bonchev–Trinajstić information content (AvgIpc) is 2.39. The molecule has 1 aliphatic rings. The monoisotopic (exact) mass is 327 g/mol. The minimum absolute atomic E-state index is 0.0948. The van der Waals surface area contributed by atoms with Crippen molar-refractivity contribution in [3.05, 3.63) is 29.6 Å². The van der Waals surface area contributed by atoms with Crippen LogP contribution in [0.2, 0.25) is 0 Å². The van der Waals surface area contributed by atoms with Gasteiger partial charge in [0.2, 0.25) is 5.90 Å². The molecule has 0 saturated heterocycles. The van der Waals surface area contributed by atoms with Crippen molar-refractivity contribution in [1.29, 1.82) is 0 Å². The Morgan fingerprint density at radius 3 is 2.59 bits per heavy atom. The number of aliphatic carboxylic acids is 1. The number of nitrogen functional groups attached to an aromatic ring is 1. The third kappa shape index (κ3) is 3.02. The number of hydrogen-bond donors (Lipinski definition) is 4. The summed E-state index contributed by atoms with van der Waals surface area (Å²) in [6.07, 6.45) is 1.14. The maximum Gasteiger partial charge on any atom is 0.356 e. The van der Waals surface area contributed by atoms with Crippen molar-refractivity contribution in [1.82, 2.24) is 0 Å². The van der Waals surface area contributed by atoms with Crippen molar-refractivity contribution >= 4 is 33.4 Å². The van der Waals surface area contributed by atoms with Crippen molar-refractivity contribution in [2.75, 3.05) is 17.2 Å². The summed E-state index contributed by atoms with van der Waals surface area (Å²) in [6.45, 7) is 1.43. The summed E-state index contributed by atoms with van der Waals surface area (Å²) < 4.78 is 31.7. The van der Waals surface area contributed by atoms with Crippen LogP contribution in [-0.2, 0) is 14.9 Å². The summed E-state index contributed by atoms with van der Waals surface area (Å²) in [4.78, 5) is 15.3. The highest BCUT2D eigenvalue weighted by Gasteiger charge is 2.22. The fraction of sp³-hybridized carbons (Fsp3) is 0.167. The molecule has 9 nitrogen and oxygen atoms in total. The summed E-state index contributed by atoms with van der Waals surface area (Å²) in [5.41, 5.74) is 6.09. The molecule has 1 heterocycles. The second-order valence-corrected chi connectivity index (χ2v) is 6.03. The minimum atomic E-state index is -4.48. The van der Waals surface area contributed by atoms with Gasteiger partial charge in [0, 0.05) is 17.6 Å². The lowest BCUT2D eigenvalue weighted by atomic mass is 10.1. The number of hydrogen-bond acceptors (Lipinski definition) is 6. The first-order chi connectivity index (χ1) is 10.1. The Morgan fingerprint density at radius 1 is 1.41 bits per heavy atom. The van der Waals surface area contributed by atoms with Gasteiger partial charge >= 0.3 is 5.97 Å². The van der Waals surface area contributed by atoms with Gasteiger partial charge in [0.25, 0.3) is 10.1 Å². The number of aliphatic imine (C=N–C) groups is 1. The van der Waals surface area contributed by atoms with E-state index >= 15 is 0 Å². The lowest BCUT2D eigenvalue weighted by Crippen LogP contribution is -2.30. The third-order valence-corrected chi connectivity index (χ3v) is 3.89. The van der Waals surface area contributed by atoms with E-state index in [-0.39, 0.29) is 17.9 Å². The van der Waals surface area contributed by atoms with Crippen molar-refractivity contribution in [3.63, 3.8) is 0 Å². The number of carboxylic acids is 1. The van der Waals surface area contributed by atoms with Crippen LogP contribution in [0.15, 0.2) is 33.9 Å². The smallest absolute Gasteiger partial charge is 0.356 e. The Labute approximate surface area is 125 Å². The minimum Gasteiger partial charge on any atom is -0.495 e. The highest BCUT2D eigenvalue weighted by atomic mass is 32.2. The molecule has 2 rings (SSSR count). The van der Waals surface area contributed by atoms with Gasteiger partial charge in [-0.05, 0) is 24.6 Å². The van der Waals surface area contributed by atoms with Gasteiger partial charge in [-0.1, -0.05) is 0 Å². The average molecular weight is 327 g/mol. The molecule has 1 aromatic carbocycles. The van der Waals surface area contributed by atoms with E-state index in [9.17, 15) is 18.3 Å². The molecule has 0 radical (unpaired) electrons. The van der Waals surface area contributed by atoms with Crippen LogP contribution < -0.4 is 10.6 Å². The highest BCUT2D eigenvalue weighted by Crippen LogP contribution is 2.30. The Hall–Kier alpha value is -2.59. The number of carboxylic acid groups (broad SMARTS) is 1. The van der Waals surface area contributed by atoms with Gasteiger partial charge < -0.3 is 20.8 Å².